The smallest absolute Gasteiger partial charge is 0.203 e. The molecule has 5 heteroatoms. The van der Waals surface area contributed by atoms with Crippen molar-refractivity contribution in [2.45, 2.75) is 18.7 Å². The molecule has 0 aliphatic heterocycles. The SMILES string of the molecule is COc1ccc(C(Br)c2cc(C)sc2C)c(OC)c1OC. The van der Waals surface area contributed by atoms with Crippen molar-refractivity contribution in [3.8, 4) is 17.2 Å². The van der Waals surface area contributed by atoms with E-state index >= 15 is 0 Å². The highest BCUT2D eigenvalue weighted by atomic mass is 79.9. The van der Waals surface area contributed by atoms with Gasteiger partial charge in [-0.15, -0.1) is 11.3 Å². The molecule has 1 unspecified atom stereocenters. The van der Waals surface area contributed by atoms with Crippen LogP contribution in [0, 0.1) is 13.8 Å². The molecule has 2 rings (SSSR count). The third kappa shape index (κ3) is 3.04. The molecule has 0 saturated carbocycles. The quantitative estimate of drug-likeness (QED) is 0.702. The summed E-state index contributed by atoms with van der Waals surface area (Å²) in [5.41, 5.74) is 2.28. The molecule has 3 nitrogen and oxygen atoms in total. The number of ether oxygens (including phenoxy) is 3. The van der Waals surface area contributed by atoms with Gasteiger partial charge < -0.3 is 14.2 Å². The Morgan fingerprint density at radius 3 is 2.10 bits per heavy atom. The summed E-state index contributed by atoms with van der Waals surface area (Å²) in [6, 6.07) is 6.11. The molecule has 1 atom stereocenters. The summed E-state index contributed by atoms with van der Waals surface area (Å²) in [6.45, 7) is 4.25. The summed E-state index contributed by atoms with van der Waals surface area (Å²) < 4.78 is 16.3. The lowest BCUT2D eigenvalue weighted by Crippen LogP contribution is -2.01. The minimum absolute atomic E-state index is 0.0530. The predicted molar refractivity (Wildman–Crippen MR) is 90.7 cm³/mol. The first-order valence-electron chi connectivity index (χ1n) is 6.53. The lowest BCUT2D eigenvalue weighted by atomic mass is 10.0. The van der Waals surface area contributed by atoms with Gasteiger partial charge in [0.25, 0.3) is 0 Å². The topological polar surface area (TPSA) is 27.7 Å². The molecule has 0 amide bonds. The van der Waals surface area contributed by atoms with E-state index in [9.17, 15) is 0 Å². The normalized spacial score (nSPS) is 12.1. The van der Waals surface area contributed by atoms with Gasteiger partial charge in [0.15, 0.2) is 11.5 Å². The number of halogens is 1. The zero-order chi connectivity index (χ0) is 15.6. The second-order valence-electron chi connectivity index (χ2n) is 4.65. The van der Waals surface area contributed by atoms with Crippen LogP contribution >= 0.6 is 27.3 Å². The summed E-state index contributed by atoms with van der Waals surface area (Å²) in [7, 11) is 4.88. The third-order valence-corrected chi connectivity index (χ3v) is 5.33. The minimum atomic E-state index is 0.0530. The molecule has 0 bridgehead atoms. The highest BCUT2D eigenvalue weighted by molar-refractivity contribution is 9.09. The molecule has 21 heavy (non-hydrogen) atoms. The van der Waals surface area contributed by atoms with Gasteiger partial charge in [0.05, 0.1) is 26.2 Å². The first kappa shape index (κ1) is 16.2. The van der Waals surface area contributed by atoms with Gasteiger partial charge >= 0.3 is 0 Å². The van der Waals surface area contributed by atoms with E-state index in [1.54, 1.807) is 32.7 Å². The Morgan fingerprint density at radius 2 is 1.62 bits per heavy atom. The Hall–Kier alpha value is -1.20. The maximum Gasteiger partial charge on any atom is 0.203 e. The second-order valence-corrected chi connectivity index (χ2v) is 7.03. The number of hydrogen-bond donors (Lipinski definition) is 0. The van der Waals surface area contributed by atoms with Gasteiger partial charge in [-0.05, 0) is 37.6 Å². The first-order chi connectivity index (χ1) is 10.0. The molecule has 2 aromatic rings. The Bertz CT molecular complexity index is 637. The Balaban J connectivity index is 2.55. The van der Waals surface area contributed by atoms with Crippen LogP contribution in [0.25, 0.3) is 0 Å². The summed E-state index contributed by atoms with van der Waals surface area (Å²) in [5, 5.41) is 0. The number of rotatable bonds is 5. The molecule has 0 fully saturated rings. The lowest BCUT2D eigenvalue weighted by molar-refractivity contribution is 0.322. The van der Waals surface area contributed by atoms with E-state index in [1.807, 2.05) is 12.1 Å². The van der Waals surface area contributed by atoms with Gasteiger partial charge in [0.1, 0.15) is 0 Å². The summed E-state index contributed by atoms with van der Waals surface area (Å²) >= 11 is 5.59. The van der Waals surface area contributed by atoms with E-state index in [0.29, 0.717) is 17.2 Å². The number of hydrogen-bond acceptors (Lipinski definition) is 4. The molecule has 1 aromatic heterocycles. The van der Waals surface area contributed by atoms with Crippen molar-refractivity contribution < 1.29 is 14.2 Å². The number of benzene rings is 1. The molecule has 0 saturated heterocycles. The Labute approximate surface area is 138 Å². The van der Waals surface area contributed by atoms with Crippen LogP contribution in [0.15, 0.2) is 18.2 Å². The minimum Gasteiger partial charge on any atom is -0.493 e. The molecule has 0 aliphatic carbocycles. The van der Waals surface area contributed by atoms with E-state index in [-0.39, 0.29) is 4.83 Å². The molecule has 1 heterocycles. The molecule has 0 N–H and O–H groups in total. The zero-order valence-electron chi connectivity index (χ0n) is 12.8. The van der Waals surface area contributed by atoms with Crippen molar-refractivity contribution in [1.82, 2.24) is 0 Å². The van der Waals surface area contributed by atoms with Crippen molar-refractivity contribution in [3.05, 3.63) is 39.1 Å². The highest BCUT2D eigenvalue weighted by Crippen LogP contribution is 2.47. The lowest BCUT2D eigenvalue weighted by Gasteiger charge is -2.19. The second kappa shape index (κ2) is 6.71. The van der Waals surface area contributed by atoms with Gasteiger partial charge in [-0.2, -0.15) is 0 Å². The van der Waals surface area contributed by atoms with Crippen molar-refractivity contribution in [2.75, 3.05) is 21.3 Å². The van der Waals surface area contributed by atoms with Gasteiger partial charge in [0.2, 0.25) is 5.75 Å². The fraction of sp³-hybridized carbons (Fsp3) is 0.375. The zero-order valence-corrected chi connectivity index (χ0v) is 15.2. The average molecular weight is 371 g/mol. The maximum absolute atomic E-state index is 5.57. The highest BCUT2D eigenvalue weighted by Gasteiger charge is 2.23. The van der Waals surface area contributed by atoms with Gasteiger partial charge in [0, 0.05) is 15.3 Å². The summed E-state index contributed by atoms with van der Waals surface area (Å²) in [4.78, 5) is 2.65. The molecular weight excluding hydrogens is 352 g/mol. The molecular formula is C16H19BrO3S. The number of aryl methyl sites for hydroxylation is 2. The third-order valence-electron chi connectivity index (χ3n) is 3.36. The van der Waals surface area contributed by atoms with Crippen molar-refractivity contribution in [1.29, 1.82) is 0 Å². The number of thiophene rings is 1. The largest absolute Gasteiger partial charge is 0.493 e. The fourth-order valence-electron chi connectivity index (χ4n) is 2.39. The van der Waals surface area contributed by atoms with E-state index < -0.39 is 0 Å². The number of alkyl halides is 1. The van der Waals surface area contributed by atoms with E-state index in [4.69, 9.17) is 14.2 Å². The summed E-state index contributed by atoms with van der Waals surface area (Å²) in [5.74, 6) is 1.98. The molecule has 1 aromatic carbocycles. The monoisotopic (exact) mass is 370 g/mol. The van der Waals surface area contributed by atoms with Crippen molar-refractivity contribution in [3.63, 3.8) is 0 Å². The fourth-order valence-corrected chi connectivity index (χ4v) is 4.34. The van der Waals surface area contributed by atoms with Crippen LogP contribution in [-0.4, -0.2) is 21.3 Å². The van der Waals surface area contributed by atoms with Crippen LogP contribution in [-0.2, 0) is 0 Å². The predicted octanol–water partition coefficient (Wildman–Crippen LogP) is 4.88. The average Bonchev–Trinajstić information content (AvgIpc) is 2.83. The van der Waals surface area contributed by atoms with Crippen LogP contribution in [0.2, 0.25) is 0 Å². The summed E-state index contributed by atoms with van der Waals surface area (Å²) in [6.07, 6.45) is 0. The van der Waals surface area contributed by atoms with E-state index in [1.165, 1.54) is 15.3 Å². The maximum atomic E-state index is 5.57. The first-order valence-corrected chi connectivity index (χ1v) is 8.26. The molecule has 0 spiro atoms. The Kier molecular flexibility index (Phi) is 5.17. The number of methoxy groups -OCH3 is 3. The van der Waals surface area contributed by atoms with Gasteiger partial charge in [-0.1, -0.05) is 15.9 Å². The Morgan fingerprint density at radius 1 is 0.952 bits per heavy atom. The van der Waals surface area contributed by atoms with Crippen LogP contribution < -0.4 is 14.2 Å². The van der Waals surface area contributed by atoms with Gasteiger partial charge in [-0.3, -0.25) is 0 Å². The molecule has 114 valence electrons. The van der Waals surface area contributed by atoms with Crippen molar-refractivity contribution >= 4 is 27.3 Å². The van der Waals surface area contributed by atoms with Crippen LogP contribution in [0.5, 0.6) is 17.2 Å². The van der Waals surface area contributed by atoms with Gasteiger partial charge in [-0.25, -0.2) is 0 Å². The molecule has 0 radical (unpaired) electrons. The molecule has 0 aliphatic rings. The van der Waals surface area contributed by atoms with E-state index in [2.05, 4.69) is 35.8 Å². The van der Waals surface area contributed by atoms with Crippen LogP contribution in [0.4, 0.5) is 0 Å². The van der Waals surface area contributed by atoms with Crippen LogP contribution in [0.3, 0.4) is 0 Å². The van der Waals surface area contributed by atoms with E-state index in [0.717, 1.165) is 5.56 Å². The standard InChI is InChI=1S/C16H19BrO3S/c1-9-8-12(10(2)21-9)14(17)11-6-7-13(18-3)16(20-5)15(11)19-4/h6-8,14H,1-5H3. The van der Waals surface area contributed by atoms with Crippen molar-refractivity contribution in [2.24, 2.45) is 0 Å². The van der Waals surface area contributed by atoms with Crippen LogP contribution in [0.1, 0.15) is 25.7 Å².